The van der Waals surface area contributed by atoms with E-state index in [4.69, 9.17) is 5.11 Å². The van der Waals surface area contributed by atoms with E-state index in [2.05, 4.69) is 18.2 Å². The number of aromatic carboxylic acids is 1. The first kappa shape index (κ1) is 14.1. The van der Waals surface area contributed by atoms with Crippen molar-refractivity contribution >= 4 is 17.7 Å². The number of carboxylic acids is 1. The van der Waals surface area contributed by atoms with E-state index in [0.717, 1.165) is 23.8 Å². The fourth-order valence-electron chi connectivity index (χ4n) is 2.66. The Bertz CT molecular complexity index is 697. The van der Waals surface area contributed by atoms with E-state index < -0.39 is 11.8 Å². The Morgan fingerprint density at radius 3 is 2.76 bits per heavy atom. The van der Waals surface area contributed by atoms with Gasteiger partial charge in [-0.15, -0.1) is 11.8 Å². The molecule has 0 aromatic heterocycles. The summed E-state index contributed by atoms with van der Waals surface area (Å²) in [5, 5.41) is 8.95. The highest BCUT2D eigenvalue weighted by Crippen LogP contribution is 2.29. The maximum Gasteiger partial charge on any atom is 0.335 e. The smallest absolute Gasteiger partial charge is 0.335 e. The number of hydrogen-bond donors (Lipinski definition) is 1. The van der Waals surface area contributed by atoms with E-state index in [9.17, 15) is 9.18 Å². The summed E-state index contributed by atoms with van der Waals surface area (Å²) >= 11 is 1.61. The van der Waals surface area contributed by atoms with E-state index in [0.29, 0.717) is 11.3 Å². The lowest BCUT2D eigenvalue weighted by atomic mass is 10.1. The quantitative estimate of drug-likeness (QED) is 0.855. The number of halogens is 1. The zero-order valence-electron chi connectivity index (χ0n) is 11.4. The molecule has 1 aliphatic carbocycles. The number of aryl methyl sites for hydroxylation is 2. The topological polar surface area (TPSA) is 37.3 Å². The van der Waals surface area contributed by atoms with Crippen LogP contribution in [-0.2, 0) is 18.6 Å². The van der Waals surface area contributed by atoms with Crippen LogP contribution in [0.3, 0.4) is 0 Å². The van der Waals surface area contributed by atoms with Crippen LogP contribution in [0.15, 0.2) is 41.3 Å². The van der Waals surface area contributed by atoms with Crippen molar-refractivity contribution in [1.82, 2.24) is 0 Å². The summed E-state index contributed by atoms with van der Waals surface area (Å²) in [7, 11) is 0. The third-order valence-corrected chi connectivity index (χ3v) is 4.74. The van der Waals surface area contributed by atoms with E-state index in [-0.39, 0.29) is 5.56 Å². The number of rotatable bonds is 4. The molecule has 0 saturated carbocycles. The monoisotopic (exact) mass is 302 g/mol. The summed E-state index contributed by atoms with van der Waals surface area (Å²) in [6.07, 6.45) is 3.51. The van der Waals surface area contributed by atoms with Crippen molar-refractivity contribution < 1.29 is 14.3 Å². The Labute approximate surface area is 127 Å². The number of benzene rings is 2. The second-order valence-electron chi connectivity index (χ2n) is 5.23. The zero-order valence-corrected chi connectivity index (χ0v) is 12.3. The number of fused-ring (bicyclic) bond motifs is 1. The first-order valence-electron chi connectivity index (χ1n) is 6.89. The standard InChI is InChI=1S/C17H15FO2S/c18-15-7-11(6-14(8-15)17(19)20)10-21-16-5-4-12-2-1-3-13(12)9-16/h4-9H,1-3,10H2,(H,19,20). The van der Waals surface area contributed by atoms with Gasteiger partial charge in [0, 0.05) is 10.6 Å². The minimum atomic E-state index is -1.10. The van der Waals surface area contributed by atoms with E-state index in [1.807, 2.05) is 0 Å². The largest absolute Gasteiger partial charge is 0.478 e. The molecule has 0 radical (unpaired) electrons. The summed E-state index contributed by atoms with van der Waals surface area (Å²) < 4.78 is 13.4. The molecule has 2 nitrogen and oxygen atoms in total. The fraction of sp³-hybridized carbons (Fsp3) is 0.235. The van der Waals surface area contributed by atoms with Crippen LogP contribution in [0.1, 0.15) is 33.5 Å². The number of carbonyl (C=O) groups is 1. The highest BCUT2D eigenvalue weighted by molar-refractivity contribution is 7.98. The van der Waals surface area contributed by atoms with Gasteiger partial charge in [-0.2, -0.15) is 0 Å². The Morgan fingerprint density at radius 2 is 1.95 bits per heavy atom. The number of carboxylic acid groups (broad SMARTS) is 1. The van der Waals surface area contributed by atoms with Crippen LogP contribution in [0.2, 0.25) is 0 Å². The van der Waals surface area contributed by atoms with Crippen molar-refractivity contribution in [3.63, 3.8) is 0 Å². The third kappa shape index (κ3) is 3.27. The van der Waals surface area contributed by atoms with Crippen molar-refractivity contribution in [1.29, 1.82) is 0 Å². The second-order valence-corrected chi connectivity index (χ2v) is 6.27. The van der Waals surface area contributed by atoms with Gasteiger partial charge in [-0.1, -0.05) is 6.07 Å². The lowest BCUT2D eigenvalue weighted by molar-refractivity contribution is 0.0696. The van der Waals surface area contributed by atoms with Gasteiger partial charge in [-0.05, 0) is 66.3 Å². The molecule has 0 fully saturated rings. The van der Waals surface area contributed by atoms with Crippen LogP contribution in [0.25, 0.3) is 0 Å². The molecular formula is C17H15FO2S. The van der Waals surface area contributed by atoms with Gasteiger partial charge >= 0.3 is 5.97 Å². The van der Waals surface area contributed by atoms with Crippen LogP contribution >= 0.6 is 11.8 Å². The van der Waals surface area contributed by atoms with Gasteiger partial charge in [-0.3, -0.25) is 0 Å². The minimum absolute atomic E-state index is 0.000414. The van der Waals surface area contributed by atoms with Gasteiger partial charge in [0.15, 0.2) is 0 Å². The van der Waals surface area contributed by atoms with Gasteiger partial charge < -0.3 is 5.11 Å². The first-order chi connectivity index (χ1) is 10.1. The Hall–Kier alpha value is -1.81. The minimum Gasteiger partial charge on any atom is -0.478 e. The second kappa shape index (κ2) is 5.90. The molecule has 1 aliphatic rings. The molecule has 1 N–H and O–H groups in total. The van der Waals surface area contributed by atoms with Gasteiger partial charge in [0.2, 0.25) is 0 Å². The van der Waals surface area contributed by atoms with Crippen molar-refractivity contribution in [2.75, 3.05) is 0 Å². The Kier molecular flexibility index (Phi) is 3.97. The highest BCUT2D eigenvalue weighted by Gasteiger charge is 2.11. The molecule has 0 spiro atoms. The molecular weight excluding hydrogens is 287 g/mol. The van der Waals surface area contributed by atoms with Crippen LogP contribution in [0.4, 0.5) is 4.39 Å². The molecule has 0 atom stereocenters. The van der Waals surface area contributed by atoms with Crippen LogP contribution in [0.5, 0.6) is 0 Å². The SMILES string of the molecule is O=C(O)c1cc(F)cc(CSc2ccc3c(c2)CCC3)c1. The van der Waals surface area contributed by atoms with Gasteiger partial charge in [0.05, 0.1) is 5.56 Å². The predicted molar refractivity (Wildman–Crippen MR) is 81.4 cm³/mol. The predicted octanol–water partition coefficient (Wildman–Crippen LogP) is 4.30. The molecule has 108 valence electrons. The fourth-order valence-corrected chi connectivity index (χ4v) is 3.55. The van der Waals surface area contributed by atoms with E-state index in [1.165, 1.54) is 29.7 Å². The normalized spacial score (nSPS) is 13.2. The molecule has 4 heteroatoms. The number of thioether (sulfide) groups is 1. The summed E-state index contributed by atoms with van der Waals surface area (Å²) in [4.78, 5) is 12.1. The maximum absolute atomic E-state index is 13.4. The van der Waals surface area contributed by atoms with Gasteiger partial charge in [0.25, 0.3) is 0 Å². The molecule has 2 aromatic carbocycles. The molecule has 3 rings (SSSR count). The zero-order chi connectivity index (χ0) is 14.8. The average molecular weight is 302 g/mol. The molecule has 2 aromatic rings. The summed E-state index contributed by atoms with van der Waals surface area (Å²) in [5.74, 6) is -1.03. The summed E-state index contributed by atoms with van der Waals surface area (Å²) in [6.45, 7) is 0. The molecule has 21 heavy (non-hydrogen) atoms. The van der Waals surface area contributed by atoms with Gasteiger partial charge in [0.1, 0.15) is 5.82 Å². The lowest BCUT2D eigenvalue weighted by Crippen LogP contribution is -1.98. The van der Waals surface area contributed by atoms with Crippen LogP contribution in [0, 0.1) is 5.82 Å². The van der Waals surface area contributed by atoms with Crippen molar-refractivity contribution in [3.05, 3.63) is 64.5 Å². The van der Waals surface area contributed by atoms with Crippen molar-refractivity contribution in [3.8, 4) is 0 Å². The molecule has 0 amide bonds. The average Bonchev–Trinajstić information content (AvgIpc) is 2.92. The highest BCUT2D eigenvalue weighted by atomic mass is 32.2. The van der Waals surface area contributed by atoms with Crippen molar-refractivity contribution in [2.45, 2.75) is 29.9 Å². The molecule has 0 heterocycles. The third-order valence-electron chi connectivity index (χ3n) is 3.68. The van der Waals surface area contributed by atoms with Crippen molar-refractivity contribution in [2.24, 2.45) is 0 Å². The van der Waals surface area contributed by atoms with Crippen LogP contribution < -0.4 is 0 Å². The van der Waals surface area contributed by atoms with Crippen LogP contribution in [-0.4, -0.2) is 11.1 Å². The number of hydrogen-bond acceptors (Lipinski definition) is 2. The summed E-state index contributed by atoms with van der Waals surface area (Å²) in [5.41, 5.74) is 3.53. The molecule has 0 saturated heterocycles. The van der Waals surface area contributed by atoms with Gasteiger partial charge in [-0.25, -0.2) is 9.18 Å². The molecule has 0 aliphatic heterocycles. The first-order valence-corrected chi connectivity index (χ1v) is 7.88. The Balaban J connectivity index is 1.74. The van der Waals surface area contributed by atoms with E-state index >= 15 is 0 Å². The summed E-state index contributed by atoms with van der Waals surface area (Å²) in [6, 6.07) is 10.4. The maximum atomic E-state index is 13.4. The molecule has 0 unspecified atom stereocenters. The molecule has 0 bridgehead atoms. The Morgan fingerprint density at radius 1 is 1.14 bits per heavy atom. The van der Waals surface area contributed by atoms with E-state index in [1.54, 1.807) is 11.8 Å². The lowest BCUT2D eigenvalue weighted by Gasteiger charge is -2.06.